The molecule has 0 radical (unpaired) electrons. The van der Waals surface area contributed by atoms with Crippen molar-refractivity contribution in [1.29, 1.82) is 0 Å². The van der Waals surface area contributed by atoms with Crippen LogP contribution in [0.15, 0.2) is 18.2 Å². The first-order valence-corrected chi connectivity index (χ1v) is 7.33. The monoisotopic (exact) mass is 326 g/mol. The summed E-state index contributed by atoms with van der Waals surface area (Å²) in [6.07, 6.45) is 0. The first-order valence-electron chi connectivity index (χ1n) is 6.58. The largest absolute Gasteiger partial charge is 0.354 e. The van der Waals surface area contributed by atoms with E-state index in [0.717, 1.165) is 0 Å². The molecule has 2 aromatic rings. The Bertz CT molecular complexity index is 595. The molecule has 0 unspecified atom stereocenters. The normalized spacial score (nSPS) is 10.3. The third-order valence-electron chi connectivity index (χ3n) is 2.48. The molecule has 21 heavy (non-hydrogen) atoms. The van der Waals surface area contributed by atoms with Crippen molar-refractivity contribution in [3.8, 4) is 0 Å². The molecule has 3 N–H and O–H groups in total. The van der Waals surface area contributed by atoms with Crippen LogP contribution in [0.3, 0.4) is 0 Å². The van der Waals surface area contributed by atoms with Crippen molar-refractivity contribution < 1.29 is 0 Å². The quantitative estimate of drug-likeness (QED) is 0.750. The number of hydrogen-bond acceptors (Lipinski definition) is 6. The summed E-state index contributed by atoms with van der Waals surface area (Å²) in [5.41, 5.74) is 0.639. The van der Waals surface area contributed by atoms with E-state index in [1.165, 1.54) is 0 Å². The van der Waals surface area contributed by atoms with Crippen molar-refractivity contribution in [2.24, 2.45) is 0 Å². The van der Waals surface area contributed by atoms with Gasteiger partial charge >= 0.3 is 0 Å². The molecule has 8 heteroatoms. The molecule has 1 aromatic heterocycles. The fraction of sp³-hybridized carbons (Fsp3) is 0.308. The SMILES string of the molecule is CCNc1nc(NCC)nc(Nc2cc(Cl)ccc2Cl)n1. The van der Waals surface area contributed by atoms with Crippen molar-refractivity contribution in [1.82, 2.24) is 15.0 Å². The third kappa shape index (κ3) is 4.34. The fourth-order valence-corrected chi connectivity index (χ4v) is 1.96. The minimum atomic E-state index is 0.390. The van der Waals surface area contributed by atoms with Gasteiger partial charge in [-0.15, -0.1) is 0 Å². The third-order valence-corrected chi connectivity index (χ3v) is 3.04. The van der Waals surface area contributed by atoms with Gasteiger partial charge in [-0.3, -0.25) is 0 Å². The first kappa shape index (κ1) is 15.6. The molecule has 0 aliphatic heterocycles. The molecule has 0 aliphatic rings. The van der Waals surface area contributed by atoms with Gasteiger partial charge in [0.15, 0.2) is 0 Å². The predicted molar refractivity (Wildman–Crippen MR) is 87.9 cm³/mol. The molecule has 112 valence electrons. The lowest BCUT2D eigenvalue weighted by atomic mass is 10.3. The van der Waals surface area contributed by atoms with Gasteiger partial charge in [-0.2, -0.15) is 15.0 Å². The van der Waals surface area contributed by atoms with Crippen LogP contribution < -0.4 is 16.0 Å². The Kier molecular flexibility index (Phi) is 5.41. The van der Waals surface area contributed by atoms with Crippen molar-refractivity contribution in [3.05, 3.63) is 28.2 Å². The number of benzene rings is 1. The second-order valence-electron chi connectivity index (χ2n) is 4.12. The highest BCUT2D eigenvalue weighted by Crippen LogP contribution is 2.27. The summed E-state index contributed by atoms with van der Waals surface area (Å²) in [5.74, 6) is 1.37. The van der Waals surface area contributed by atoms with Crippen molar-refractivity contribution in [2.75, 3.05) is 29.0 Å². The second kappa shape index (κ2) is 7.28. The van der Waals surface area contributed by atoms with E-state index in [-0.39, 0.29) is 0 Å². The van der Waals surface area contributed by atoms with Crippen LogP contribution in [0.4, 0.5) is 23.5 Å². The van der Waals surface area contributed by atoms with Gasteiger partial charge in [0, 0.05) is 18.1 Å². The Morgan fingerprint density at radius 3 is 2.05 bits per heavy atom. The molecule has 0 bridgehead atoms. The van der Waals surface area contributed by atoms with Crippen molar-refractivity contribution in [2.45, 2.75) is 13.8 Å². The lowest BCUT2D eigenvalue weighted by Crippen LogP contribution is -2.10. The molecule has 0 saturated heterocycles. The van der Waals surface area contributed by atoms with Gasteiger partial charge in [0.2, 0.25) is 17.8 Å². The highest BCUT2D eigenvalue weighted by molar-refractivity contribution is 6.35. The van der Waals surface area contributed by atoms with Crippen LogP contribution >= 0.6 is 23.2 Å². The molecule has 0 saturated carbocycles. The maximum atomic E-state index is 6.12. The topological polar surface area (TPSA) is 74.8 Å². The minimum absolute atomic E-state index is 0.390. The molecule has 0 aliphatic carbocycles. The van der Waals surface area contributed by atoms with E-state index in [1.54, 1.807) is 18.2 Å². The number of anilines is 4. The van der Waals surface area contributed by atoms with Crippen LogP contribution in [0.5, 0.6) is 0 Å². The molecule has 1 aromatic carbocycles. The van der Waals surface area contributed by atoms with E-state index in [4.69, 9.17) is 23.2 Å². The second-order valence-corrected chi connectivity index (χ2v) is 4.96. The summed E-state index contributed by atoms with van der Waals surface area (Å²) >= 11 is 12.1. The molecule has 0 fully saturated rings. The molecular formula is C13H16Cl2N6. The van der Waals surface area contributed by atoms with Crippen LogP contribution in [-0.2, 0) is 0 Å². The van der Waals surface area contributed by atoms with E-state index < -0.39 is 0 Å². The van der Waals surface area contributed by atoms with Crippen LogP contribution in [-0.4, -0.2) is 28.0 Å². The van der Waals surface area contributed by atoms with Crippen LogP contribution in [0.2, 0.25) is 10.0 Å². The predicted octanol–water partition coefficient (Wildman–Crippen LogP) is 3.79. The van der Waals surface area contributed by atoms with Gasteiger partial charge in [0.25, 0.3) is 0 Å². The van der Waals surface area contributed by atoms with E-state index >= 15 is 0 Å². The van der Waals surface area contributed by atoms with Crippen LogP contribution in [0, 0.1) is 0 Å². The summed E-state index contributed by atoms with van der Waals surface area (Å²) in [4.78, 5) is 12.8. The Labute approximate surface area is 133 Å². The molecule has 0 atom stereocenters. The average Bonchev–Trinajstić information content (AvgIpc) is 2.43. The summed E-state index contributed by atoms with van der Waals surface area (Å²) in [7, 11) is 0. The van der Waals surface area contributed by atoms with E-state index in [1.807, 2.05) is 13.8 Å². The van der Waals surface area contributed by atoms with Gasteiger partial charge in [0.1, 0.15) is 0 Å². The Balaban J connectivity index is 2.31. The number of nitrogens with one attached hydrogen (secondary N) is 3. The lowest BCUT2D eigenvalue weighted by Gasteiger charge is -2.11. The Morgan fingerprint density at radius 2 is 1.48 bits per heavy atom. The molecule has 2 rings (SSSR count). The van der Waals surface area contributed by atoms with E-state index in [9.17, 15) is 0 Å². The smallest absolute Gasteiger partial charge is 0.233 e. The van der Waals surface area contributed by atoms with E-state index in [0.29, 0.717) is 46.7 Å². The number of nitrogens with zero attached hydrogens (tertiary/aromatic N) is 3. The summed E-state index contributed by atoms with van der Waals surface area (Å²) < 4.78 is 0. The summed E-state index contributed by atoms with van der Waals surface area (Å²) in [5, 5.41) is 10.3. The zero-order valence-electron chi connectivity index (χ0n) is 11.7. The van der Waals surface area contributed by atoms with Gasteiger partial charge in [-0.05, 0) is 32.0 Å². The Morgan fingerprint density at radius 1 is 0.905 bits per heavy atom. The maximum absolute atomic E-state index is 6.12. The average molecular weight is 327 g/mol. The summed E-state index contributed by atoms with van der Waals surface area (Å²) in [6, 6.07) is 5.15. The molecule has 0 amide bonds. The number of rotatable bonds is 6. The zero-order chi connectivity index (χ0) is 15.2. The highest BCUT2D eigenvalue weighted by Gasteiger charge is 2.08. The standard InChI is InChI=1S/C13H16Cl2N6/c1-3-16-11-19-12(17-4-2)21-13(20-11)18-10-7-8(14)5-6-9(10)15/h5-7H,3-4H2,1-2H3,(H3,16,17,18,19,20,21). The summed E-state index contributed by atoms with van der Waals surface area (Å²) in [6.45, 7) is 5.37. The highest BCUT2D eigenvalue weighted by atomic mass is 35.5. The Hall–Kier alpha value is -1.79. The molecule has 6 nitrogen and oxygen atoms in total. The van der Waals surface area contributed by atoms with Gasteiger partial charge in [-0.25, -0.2) is 0 Å². The minimum Gasteiger partial charge on any atom is -0.354 e. The number of halogens is 2. The molecular weight excluding hydrogens is 311 g/mol. The van der Waals surface area contributed by atoms with E-state index in [2.05, 4.69) is 30.9 Å². The number of hydrogen-bond donors (Lipinski definition) is 3. The zero-order valence-corrected chi connectivity index (χ0v) is 13.3. The van der Waals surface area contributed by atoms with Gasteiger partial charge in [0.05, 0.1) is 10.7 Å². The molecule has 1 heterocycles. The van der Waals surface area contributed by atoms with Crippen molar-refractivity contribution >= 4 is 46.7 Å². The van der Waals surface area contributed by atoms with Gasteiger partial charge < -0.3 is 16.0 Å². The maximum Gasteiger partial charge on any atom is 0.233 e. The first-order chi connectivity index (χ1) is 10.1. The van der Waals surface area contributed by atoms with Crippen LogP contribution in [0.1, 0.15) is 13.8 Å². The van der Waals surface area contributed by atoms with Gasteiger partial charge in [-0.1, -0.05) is 23.2 Å². The number of aromatic nitrogens is 3. The molecule has 0 spiro atoms. The lowest BCUT2D eigenvalue weighted by molar-refractivity contribution is 1.00. The van der Waals surface area contributed by atoms with Crippen LogP contribution in [0.25, 0.3) is 0 Å². The fourth-order valence-electron chi connectivity index (χ4n) is 1.62. The van der Waals surface area contributed by atoms with Crippen molar-refractivity contribution in [3.63, 3.8) is 0 Å².